The summed E-state index contributed by atoms with van der Waals surface area (Å²) in [4.78, 5) is 23.8. The van der Waals surface area contributed by atoms with Crippen LogP contribution in [-0.2, 0) is 19.6 Å². The predicted molar refractivity (Wildman–Crippen MR) is 94.5 cm³/mol. The Bertz CT molecular complexity index is 936. The summed E-state index contributed by atoms with van der Waals surface area (Å²) in [5, 5.41) is 4.24. The molecule has 0 aliphatic carbocycles. The van der Waals surface area contributed by atoms with Crippen molar-refractivity contribution in [3.8, 4) is 0 Å². The number of fused-ring (bicyclic) bond motifs is 1. The maximum absolute atomic E-state index is 13.3. The molecule has 9 heteroatoms. The van der Waals surface area contributed by atoms with E-state index in [2.05, 4.69) is 10.1 Å². The van der Waals surface area contributed by atoms with E-state index in [9.17, 15) is 18.0 Å². The van der Waals surface area contributed by atoms with E-state index in [4.69, 9.17) is 0 Å². The van der Waals surface area contributed by atoms with Crippen molar-refractivity contribution in [1.29, 1.82) is 0 Å². The van der Waals surface area contributed by atoms with E-state index >= 15 is 0 Å². The first-order valence-electron chi connectivity index (χ1n) is 7.45. The number of anilines is 2. The van der Waals surface area contributed by atoms with Crippen molar-refractivity contribution in [3.05, 3.63) is 40.6 Å². The predicted octanol–water partition coefficient (Wildman–Crippen LogP) is 2.46. The van der Waals surface area contributed by atoms with Crippen molar-refractivity contribution in [1.82, 2.24) is 0 Å². The number of methoxy groups -OCH3 is 1. The molecule has 0 saturated heterocycles. The van der Waals surface area contributed by atoms with E-state index in [1.54, 1.807) is 31.2 Å². The Morgan fingerprint density at radius 2 is 2.04 bits per heavy atom. The number of amides is 1. The molecular formula is C16H16N2O5S2. The zero-order valence-electron chi connectivity index (χ0n) is 13.6. The molecule has 132 valence electrons. The van der Waals surface area contributed by atoms with Gasteiger partial charge in [0.1, 0.15) is 9.77 Å². The van der Waals surface area contributed by atoms with Gasteiger partial charge in [-0.15, -0.1) is 11.3 Å². The second-order valence-corrected chi connectivity index (χ2v) is 8.22. The number of nitrogens with zero attached hydrogens (tertiary/aromatic N) is 1. The number of thiophene rings is 1. The number of sulfonamides is 1. The highest BCUT2D eigenvalue weighted by atomic mass is 32.2. The minimum absolute atomic E-state index is 0.00556. The monoisotopic (exact) mass is 380 g/mol. The number of rotatable bonds is 3. The molecule has 2 aromatic rings. The fourth-order valence-corrected chi connectivity index (χ4v) is 5.76. The third kappa shape index (κ3) is 3.00. The first-order chi connectivity index (χ1) is 11.9. The summed E-state index contributed by atoms with van der Waals surface area (Å²) in [5.41, 5.74) is 0.776. The quantitative estimate of drug-likeness (QED) is 0.826. The topological polar surface area (TPSA) is 92.8 Å². The normalized spacial score (nSPS) is 17.4. The van der Waals surface area contributed by atoms with Crippen LogP contribution in [0.15, 0.2) is 40.6 Å². The Morgan fingerprint density at radius 3 is 2.76 bits per heavy atom. The summed E-state index contributed by atoms with van der Waals surface area (Å²) >= 11 is 0.998. The molecule has 0 bridgehead atoms. The van der Waals surface area contributed by atoms with Crippen molar-refractivity contribution in [2.75, 3.05) is 16.7 Å². The van der Waals surface area contributed by atoms with Crippen LogP contribution >= 0.6 is 11.3 Å². The molecule has 1 aliphatic rings. The van der Waals surface area contributed by atoms with Crippen LogP contribution in [0.1, 0.15) is 23.0 Å². The number of ether oxygens (including phenoxy) is 1. The summed E-state index contributed by atoms with van der Waals surface area (Å²) in [7, 11) is -2.86. The molecule has 0 radical (unpaired) electrons. The molecule has 0 saturated carbocycles. The number of nitrogens with one attached hydrogen (secondary N) is 1. The molecular weight excluding hydrogens is 364 g/mol. The largest absolute Gasteiger partial charge is 0.465 e. The second kappa shape index (κ2) is 6.49. The van der Waals surface area contributed by atoms with Crippen LogP contribution in [0.2, 0.25) is 0 Å². The molecule has 1 N–H and O–H groups in total. The Balaban J connectivity index is 2.18. The second-order valence-electron chi connectivity index (χ2n) is 5.52. The minimum Gasteiger partial charge on any atom is -0.465 e. The fraction of sp³-hybridized carbons (Fsp3) is 0.250. The lowest BCUT2D eigenvalue weighted by molar-refractivity contribution is -0.116. The molecule has 0 fully saturated rings. The van der Waals surface area contributed by atoms with Gasteiger partial charge in [0.15, 0.2) is 0 Å². The van der Waals surface area contributed by atoms with E-state index in [0.29, 0.717) is 11.4 Å². The first kappa shape index (κ1) is 17.4. The molecule has 3 rings (SSSR count). The van der Waals surface area contributed by atoms with Crippen LogP contribution in [-0.4, -0.2) is 33.4 Å². The smallest absolute Gasteiger partial charge is 0.349 e. The molecule has 0 spiro atoms. The van der Waals surface area contributed by atoms with Gasteiger partial charge in [0, 0.05) is 6.42 Å². The number of esters is 1. The maximum Gasteiger partial charge on any atom is 0.349 e. The van der Waals surface area contributed by atoms with Crippen LogP contribution < -0.4 is 9.62 Å². The van der Waals surface area contributed by atoms with Crippen LogP contribution in [0.5, 0.6) is 0 Å². The van der Waals surface area contributed by atoms with Crippen molar-refractivity contribution in [3.63, 3.8) is 0 Å². The zero-order chi connectivity index (χ0) is 18.2. The lowest BCUT2D eigenvalue weighted by atomic mass is 10.2. The fourth-order valence-electron chi connectivity index (χ4n) is 2.78. The third-order valence-corrected chi connectivity index (χ3v) is 6.83. The van der Waals surface area contributed by atoms with Crippen LogP contribution in [0.3, 0.4) is 0 Å². The van der Waals surface area contributed by atoms with Gasteiger partial charge in [0.25, 0.3) is 10.0 Å². The van der Waals surface area contributed by atoms with E-state index < -0.39 is 22.0 Å². The lowest BCUT2D eigenvalue weighted by Crippen LogP contribution is -2.39. The van der Waals surface area contributed by atoms with Gasteiger partial charge in [0.05, 0.1) is 24.5 Å². The van der Waals surface area contributed by atoms with Crippen LogP contribution in [0.4, 0.5) is 11.4 Å². The molecule has 1 aromatic carbocycles. The van der Waals surface area contributed by atoms with Crippen LogP contribution in [0.25, 0.3) is 0 Å². The van der Waals surface area contributed by atoms with Crippen molar-refractivity contribution >= 4 is 44.6 Å². The number of carbonyl (C=O) groups excluding carboxylic acids is 2. The van der Waals surface area contributed by atoms with Gasteiger partial charge >= 0.3 is 5.97 Å². The summed E-state index contributed by atoms with van der Waals surface area (Å²) in [6.07, 6.45) is 0.00556. The van der Waals surface area contributed by atoms with Gasteiger partial charge < -0.3 is 10.1 Å². The Kier molecular flexibility index (Phi) is 4.53. The highest BCUT2D eigenvalue weighted by Gasteiger charge is 2.37. The van der Waals surface area contributed by atoms with E-state index in [-0.39, 0.29) is 22.1 Å². The number of hydrogen-bond acceptors (Lipinski definition) is 6. The molecule has 25 heavy (non-hydrogen) atoms. The average Bonchev–Trinajstić information content (AvgIpc) is 3.01. The number of carbonyl (C=O) groups is 2. The molecule has 1 unspecified atom stereocenters. The third-order valence-electron chi connectivity index (χ3n) is 3.83. The zero-order valence-corrected chi connectivity index (χ0v) is 15.2. The average molecular weight is 380 g/mol. The van der Waals surface area contributed by atoms with Gasteiger partial charge in [-0.3, -0.25) is 9.10 Å². The summed E-state index contributed by atoms with van der Waals surface area (Å²) in [5.74, 6) is -0.977. The molecule has 1 atom stereocenters. The van der Waals surface area contributed by atoms with Gasteiger partial charge in [-0.1, -0.05) is 12.1 Å². The number of benzene rings is 1. The van der Waals surface area contributed by atoms with Crippen molar-refractivity contribution in [2.45, 2.75) is 24.3 Å². The summed E-state index contributed by atoms with van der Waals surface area (Å²) < 4.78 is 32.5. The SMILES string of the molecule is COC(=O)c1sccc1S(=O)(=O)N1c2ccccc2NC(=O)CC1C. The van der Waals surface area contributed by atoms with Crippen molar-refractivity contribution < 1.29 is 22.7 Å². The molecule has 7 nitrogen and oxygen atoms in total. The number of para-hydroxylation sites is 2. The van der Waals surface area contributed by atoms with E-state index in [1.807, 2.05) is 0 Å². The standard InChI is InChI=1S/C16H16N2O5S2/c1-10-9-14(19)17-11-5-3-4-6-12(11)18(10)25(21,22)13-7-8-24-15(13)16(20)23-2/h3-8,10H,9H2,1-2H3,(H,17,19). The Labute approximate surface area is 149 Å². The van der Waals surface area contributed by atoms with Gasteiger partial charge in [-0.2, -0.15) is 0 Å². The molecule has 2 heterocycles. The molecule has 1 amide bonds. The first-order valence-corrected chi connectivity index (χ1v) is 9.77. The maximum atomic E-state index is 13.3. The van der Waals surface area contributed by atoms with Crippen molar-refractivity contribution in [2.24, 2.45) is 0 Å². The highest BCUT2D eigenvalue weighted by Crippen LogP contribution is 2.37. The highest BCUT2D eigenvalue weighted by molar-refractivity contribution is 7.93. The number of hydrogen-bond donors (Lipinski definition) is 1. The van der Waals surface area contributed by atoms with E-state index in [1.165, 1.54) is 22.9 Å². The summed E-state index contributed by atoms with van der Waals surface area (Å²) in [6, 6.07) is 7.44. The van der Waals surface area contributed by atoms with Gasteiger partial charge in [-0.25, -0.2) is 13.2 Å². The molecule has 1 aromatic heterocycles. The summed E-state index contributed by atoms with van der Waals surface area (Å²) in [6.45, 7) is 1.66. The van der Waals surface area contributed by atoms with Crippen LogP contribution in [0, 0.1) is 0 Å². The lowest BCUT2D eigenvalue weighted by Gasteiger charge is -2.29. The molecule has 1 aliphatic heterocycles. The minimum atomic E-state index is -4.06. The van der Waals surface area contributed by atoms with Gasteiger partial charge in [-0.05, 0) is 30.5 Å². The van der Waals surface area contributed by atoms with E-state index in [0.717, 1.165) is 11.3 Å². The van der Waals surface area contributed by atoms with Gasteiger partial charge in [0.2, 0.25) is 5.91 Å². The Morgan fingerprint density at radius 1 is 1.32 bits per heavy atom. The Hall–Kier alpha value is -2.39.